The summed E-state index contributed by atoms with van der Waals surface area (Å²) in [4.78, 5) is 17.1. The van der Waals surface area contributed by atoms with Crippen LogP contribution < -0.4 is 5.32 Å². The summed E-state index contributed by atoms with van der Waals surface area (Å²) >= 11 is 5.90. The van der Waals surface area contributed by atoms with Gasteiger partial charge < -0.3 is 5.32 Å². The zero-order valence-corrected chi connectivity index (χ0v) is 16.1. The SMILES string of the molecule is Cc1cc(NC(=O)CCc2ccc(Cl)cc2)n(-c2ccc3ccccc3n2)n1. The van der Waals surface area contributed by atoms with Crippen molar-refractivity contribution < 1.29 is 4.79 Å². The second kappa shape index (κ2) is 7.82. The maximum atomic E-state index is 12.5. The minimum absolute atomic E-state index is 0.0723. The number of aryl methyl sites for hydroxylation is 2. The maximum absolute atomic E-state index is 12.5. The van der Waals surface area contributed by atoms with Gasteiger partial charge in [0, 0.05) is 22.9 Å². The van der Waals surface area contributed by atoms with Crippen LogP contribution in [-0.2, 0) is 11.2 Å². The van der Waals surface area contributed by atoms with Crippen LogP contribution >= 0.6 is 11.6 Å². The third-order valence-corrected chi connectivity index (χ3v) is 4.71. The summed E-state index contributed by atoms with van der Waals surface area (Å²) in [6.07, 6.45) is 1.02. The van der Waals surface area contributed by atoms with Gasteiger partial charge in [-0.05, 0) is 49.2 Å². The average Bonchev–Trinajstić information content (AvgIpc) is 3.07. The van der Waals surface area contributed by atoms with Gasteiger partial charge in [0.05, 0.1) is 11.2 Å². The number of nitrogens with zero attached hydrogens (tertiary/aromatic N) is 3. The second-order valence-electron chi connectivity index (χ2n) is 6.62. The van der Waals surface area contributed by atoms with Gasteiger partial charge in [-0.15, -0.1) is 0 Å². The van der Waals surface area contributed by atoms with Crippen LogP contribution in [0.15, 0.2) is 66.7 Å². The standard InChI is InChI=1S/C22H19ClN4O/c1-15-14-21(25-22(28)13-8-16-6-10-18(23)11-7-16)27(26-15)20-12-9-17-4-2-3-5-19(17)24-20/h2-7,9-12,14H,8,13H2,1H3,(H,25,28). The summed E-state index contributed by atoms with van der Waals surface area (Å²) < 4.78 is 1.67. The molecule has 0 atom stereocenters. The largest absolute Gasteiger partial charge is 0.311 e. The van der Waals surface area contributed by atoms with Crippen molar-refractivity contribution in [2.45, 2.75) is 19.8 Å². The van der Waals surface area contributed by atoms with E-state index < -0.39 is 0 Å². The monoisotopic (exact) mass is 390 g/mol. The van der Waals surface area contributed by atoms with Gasteiger partial charge in [-0.2, -0.15) is 9.78 Å². The van der Waals surface area contributed by atoms with Crippen molar-refractivity contribution in [3.63, 3.8) is 0 Å². The fourth-order valence-corrected chi connectivity index (χ4v) is 3.18. The lowest BCUT2D eigenvalue weighted by Crippen LogP contribution is -2.16. The van der Waals surface area contributed by atoms with Crippen molar-refractivity contribution in [1.82, 2.24) is 14.8 Å². The number of hydrogen-bond acceptors (Lipinski definition) is 3. The molecule has 140 valence electrons. The molecular formula is C22H19ClN4O. The van der Waals surface area contributed by atoms with Crippen LogP contribution in [0, 0.1) is 6.92 Å². The fourth-order valence-electron chi connectivity index (χ4n) is 3.05. The minimum Gasteiger partial charge on any atom is -0.311 e. The van der Waals surface area contributed by atoms with Gasteiger partial charge in [0.1, 0.15) is 5.82 Å². The smallest absolute Gasteiger partial charge is 0.225 e. The van der Waals surface area contributed by atoms with E-state index in [1.165, 1.54) is 0 Å². The topological polar surface area (TPSA) is 59.8 Å². The highest BCUT2D eigenvalue weighted by atomic mass is 35.5. The van der Waals surface area contributed by atoms with Crippen LogP contribution in [0.4, 0.5) is 5.82 Å². The molecule has 4 aromatic rings. The van der Waals surface area contributed by atoms with E-state index in [9.17, 15) is 4.79 Å². The molecule has 0 aliphatic heterocycles. The molecule has 0 saturated heterocycles. The second-order valence-corrected chi connectivity index (χ2v) is 7.06. The molecular weight excluding hydrogens is 372 g/mol. The Kier molecular flexibility index (Phi) is 5.08. The van der Waals surface area contributed by atoms with E-state index in [1.54, 1.807) is 4.68 Å². The number of nitrogens with one attached hydrogen (secondary N) is 1. The fraction of sp³-hybridized carbons (Fsp3) is 0.136. The van der Waals surface area contributed by atoms with Crippen molar-refractivity contribution in [1.29, 1.82) is 0 Å². The molecule has 0 radical (unpaired) electrons. The average molecular weight is 391 g/mol. The highest BCUT2D eigenvalue weighted by molar-refractivity contribution is 6.30. The molecule has 28 heavy (non-hydrogen) atoms. The molecule has 0 unspecified atom stereocenters. The van der Waals surface area contributed by atoms with E-state index in [-0.39, 0.29) is 5.91 Å². The summed E-state index contributed by atoms with van der Waals surface area (Å²) in [6, 6.07) is 21.2. The first-order valence-electron chi connectivity index (χ1n) is 9.05. The highest BCUT2D eigenvalue weighted by Gasteiger charge is 2.12. The Morgan fingerprint density at radius 1 is 1.07 bits per heavy atom. The van der Waals surface area contributed by atoms with E-state index in [0.717, 1.165) is 22.2 Å². The number of fused-ring (bicyclic) bond motifs is 1. The van der Waals surface area contributed by atoms with Crippen molar-refractivity contribution in [3.8, 4) is 5.82 Å². The minimum atomic E-state index is -0.0723. The normalized spacial score (nSPS) is 10.9. The molecule has 0 fully saturated rings. The quantitative estimate of drug-likeness (QED) is 0.524. The van der Waals surface area contributed by atoms with Crippen molar-refractivity contribution in [2.75, 3.05) is 5.32 Å². The summed E-state index contributed by atoms with van der Waals surface area (Å²) in [5.74, 6) is 1.21. The van der Waals surface area contributed by atoms with Crippen LogP contribution in [0.25, 0.3) is 16.7 Å². The Morgan fingerprint density at radius 3 is 2.68 bits per heavy atom. The highest BCUT2D eigenvalue weighted by Crippen LogP contribution is 2.19. The number of hydrogen-bond donors (Lipinski definition) is 1. The molecule has 0 bridgehead atoms. The van der Waals surface area contributed by atoms with Gasteiger partial charge in [0.2, 0.25) is 5.91 Å². The predicted molar refractivity (Wildman–Crippen MR) is 112 cm³/mol. The molecule has 2 heterocycles. The molecule has 0 saturated carbocycles. The lowest BCUT2D eigenvalue weighted by atomic mass is 10.1. The van der Waals surface area contributed by atoms with E-state index in [4.69, 9.17) is 11.6 Å². The van der Waals surface area contributed by atoms with E-state index in [2.05, 4.69) is 15.4 Å². The summed E-state index contributed by atoms with van der Waals surface area (Å²) in [6.45, 7) is 1.89. The van der Waals surface area contributed by atoms with E-state index >= 15 is 0 Å². The number of carbonyl (C=O) groups excluding carboxylic acids is 1. The summed E-state index contributed by atoms with van der Waals surface area (Å²) in [5, 5.41) is 9.20. The Labute approximate surface area is 168 Å². The third kappa shape index (κ3) is 4.05. The molecule has 4 rings (SSSR count). The number of para-hydroxylation sites is 1. The zero-order chi connectivity index (χ0) is 19.5. The number of benzene rings is 2. The van der Waals surface area contributed by atoms with Gasteiger partial charge >= 0.3 is 0 Å². The number of rotatable bonds is 5. The van der Waals surface area contributed by atoms with E-state index in [1.807, 2.05) is 73.7 Å². The molecule has 2 aromatic heterocycles. The van der Waals surface area contributed by atoms with Crippen molar-refractivity contribution in [3.05, 3.63) is 83.0 Å². The molecule has 0 aliphatic rings. The molecule has 2 aromatic carbocycles. The van der Waals surface area contributed by atoms with Crippen LogP contribution in [0.3, 0.4) is 0 Å². The molecule has 5 nitrogen and oxygen atoms in total. The first kappa shape index (κ1) is 18.2. The van der Waals surface area contributed by atoms with E-state index in [0.29, 0.717) is 29.5 Å². The van der Waals surface area contributed by atoms with Gasteiger partial charge in [-0.1, -0.05) is 41.9 Å². The van der Waals surface area contributed by atoms with Crippen LogP contribution in [0.5, 0.6) is 0 Å². The Hall–Kier alpha value is -3.18. The molecule has 1 amide bonds. The number of amides is 1. The van der Waals surface area contributed by atoms with Crippen LogP contribution in [0.2, 0.25) is 5.02 Å². The Balaban J connectivity index is 1.52. The lowest BCUT2D eigenvalue weighted by molar-refractivity contribution is -0.116. The predicted octanol–water partition coefficient (Wildman–Crippen LogP) is 4.95. The number of anilines is 1. The molecule has 6 heteroatoms. The molecule has 1 N–H and O–H groups in total. The number of halogens is 1. The third-order valence-electron chi connectivity index (χ3n) is 4.45. The van der Waals surface area contributed by atoms with Gasteiger partial charge in [-0.25, -0.2) is 4.98 Å². The Bertz CT molecular complexity index is 1130. The van der Waals surface area contributed by atoms with Gasteiger partial charge in [0.15, 0.2) is 5.82 Å². The first-order valence-corrected chi connectivity index (χ1v) is 9.43. The number of pyridine rings is 1. The summed E-state index contributed by atoms with van der Waals surface area (Å²) in [7, 11) is 0. The molecule has 0 spiro atoms. The number of aromatic nitrogens is 3. The maximum Gasteiger partial charge on any atom is 0.225 e. The summed E-state index contributed by atoms with van der Waals surface area (Å²) in [5.41, 5.74) is 2.76. The first-order chi connectivity index (χ1) is 13.6. The van der Waals surface area contributed by atoms with Crippen molar-refractivity contribution >= 4 is 34.2 Å². The van der Waals surface area contributed by atoms with Gasteiger partial charge in [-0.3, -0.25) is 4.79 Å². The van der Waals surface area contributed by atoms with Crippen LogP contribution in [0.1, 0.15) is 17.7 Å². The molecule has 0 aliphatic carbocycles. The lowest BCUT2D eigenvalue weighted by Gasteiger charge is -2.09. The van der Waals surface area contributed by atoms with Crippen molar-refractivity contribution in [2.24, 2.45) is 0 Å². The van der Waals surface area contributed by atoms with Crippen LogP contribution in [-0.4, -0.2) is 20.7 Å². The van der Waals surface area contributed by atoms with Gasteiger partial charge in [0.25, 0.3) is 0 Å². The zero-order valence-electron chi connectivity index (χ0n) is 15.4. The Morgan fingerprint density at radius 2 is 1.86 bits per heavy atom. The number of carbonyl (C=O) groups is 1.